The lowest BCUT2D eigenvalue weighted by Gasteiger charge is -2.28. The average molecular weight is 142 g/mol. The first kappa shape index (κ1) is 8.02. The zero-order chi connectivity index (χ0) is 7.40. The predicted molar refractivity (Wildman–Crippen MR) is 42.4 cm³/mol. The van der Waals surface area contributed by atoms with Crippen molar-refractivity contribution in [2.75, 3.05) is 26.7 Å². The molecule has 0 bridgehead atoms. The summed E-state index contributed by atoms with van der Waals surface area (Å²) < 4.78 is 0. The Balaban J connectivity index is 2.18. The fourth-order valence-corrected chi connectivity index (χ4v) is 1.70. The Morgan fingerprint density at radius 1 is 1.70 bits per heavy atom. The van der Waals surface area contributed by atoms with Crippen LogP contribution in [-0.2, 0) is 0 Å². The monoisotopic (exact) mass is 142 g/mol. The highest BCUT2D eigenvalue weighted by atomic mass is 15.1. The Labute approximate surface area is 63.6 Å². The molecule has 1 atom stereocenters. The number of nitrogens with zero attached hydrogens (tertiary/aromatic N) is 1. The maximum Gasteiger partial charge on any atom is 0.0556 e. The Bertz CT molecular complexity index is 91.3. The van der Waals surface area contributed by atoms with Gasteiger partial charge in [-0.2, -0.15) is 7.05 Å². The fourth-order valence-electron chi connectivity index (χ4n) is 1.70. The molecule has 2 heteroatoms. The molecule has 1 aliphatic rings. The van der Waals surface area contributed by atoms with Crippen LogP contribution in [0.2, 0.25) is 0 Å². The van der Waals surface area contributed by atoms with Gasteiger partial charge in [0.05, 0.1) is 6.54 Å². The molecule has 0 aromatic carbocycles. The van der Waals surface area contributed by atoms with Crippen LogP contribution in [0.3, 0.4) is 0 Å². The molecule has 0 radical (unpaired) electrons. The summed E-state index contributed by atoms with van der Waals surface area (Å²) >= 11 is 0. The number of rotatable bonds is 2. The summed E-state index contributed by atoms with van der Waals surface area (Å²) in [5.41, 5.74) is 0. The van der Waals surface area contributed by atoms with Gasteiger partial charge >= 0.3 is 0 Å². The minimum absolute atomic E-state index is 0.885. The van der Waals surface area contributed by atoms with E-state index in [4.69, 9.17) is 0 Å². The van der Waals surface area contributed by atoms with E-state index in [1.54, 1.807) is 0 Å². The van der Waals surface area contributed by atoms with Crippen LogP contribution in [-0.4, -0.2) is 31.6 Å². The van der Waals surface area contributed by atoms with Crippen molar-refractivity contribution < 1.29 is 5.32 Å². The molecule has 0 amide bonds. The second kappa shape index (κ2) is 3.94. The number of likely N-dealkylation sites (tertiary alicyclic amines) is 1. The first-order chi connectivity index (χ1) is 4.83. The maximum absolute atomic E-state index is 3.76. The fraction of sp³-hybridized carbons (Fsp3) is 0.875. The van der Waals surface area contributed by atoms with Crippen molar-refractivity contribution in [1.29, 1.82) is 0 Å². The molecular weight excluding hydrogens is 124 g/mol. The standard InChI is InChI=1S/C8H18N2/c1-9-6-8-4-3-5-10(2)7-8/h8H,1,3-7,9H2,2H3. The number of hydrogen-bond donors (Lipinski definition) is 1. The number of nitrogens with two attached hydrogens (primary N) is 1. The number of piperidine rings is 1. The third-order valence-corrected chi connectivity index (χ3v) is 2.22. The van der Waals surface area contributed by atoms with Gasteiger partial charge in [0, 0.05) is 12.5 Å². The maximum atomic E-state index is 3.76. The third-order valence-electron chi connectivity index (χ3n) is 2.22. The quantitative estimate of drug-likeness (QED) is 0.524. The second-order valence-electron chi connectivity index (χ2n) is 3.29. The van der Waals surface area contributed by atoms with Crippen LogP contribution in [0.4, 0.5) is 0 Å². The van der Waals surface area contributed by atoms with Crippen LogP contribution in [0, 0.1) is 13.0 Å². The summed E-state index contributed by atoms with van der Waals surface area (Å²) in [4.78, 5) is 2.41. The molecule has 1 aliphatic heterocycles. The molecule has 0 saturated carbocycles. The van der Waals surface area contributed by atoms with E-state index >= 15 is 0 Å². The van der Waals surface area contributed by atoms with Gasteiger partial charge in [-0.05, 0) is 26.4 Å². The molecule has 2 nitrogen and oxygen atoms in total. The van der Waals surface area contributed by atoms with Crippen LogP contribution in [0.5, 0.6) is 0 Å². The molecule has 2 N–H and O–H groups in total. The van der Waals surface area contributed by atoms with Crippen molar-refractivity contribution >= 4 is 0 Å². The zero-order valence-corrected chi connectivity index (χ0v) is 6.84. The highest BCUT2D eigenvalue weighted by Gasteiger charge is 2.16. The highest BCUT2D eigenvalue weighted by molar-refractivity contribution is 4.68. The molecule has 1 heterocycles. The smallest absolute Gasteiger partial charge is 0.0556 e. The first-order valence-corrected chi connectivity index (χ1v) is 4.12. The van der Waals surface area contributed by atoms with Gasteiger partial charge in [-0.1, -0.05) is 0 Å². The van der Waals surface area contributed by atoms with Gasteiger partial charge in [0.15, 0.2) is 0 Å². The highest BCUT2D eigenvalue weighted by Crippen LogP contribution is 2.12. The summed E-state index contributed by atoms with van der Waals surface area (Å²) in [6, 6.07) is 0. The van der Waals surface area contributed by atoms with E-state index in [0.717, 1.165) is 5.92 Å². The van der Waals surface area contributed by atoms with Crippen LogP contribution in [0.1, 0.15) is 12.8 Å². The predicted octanol–water partition coefficient (Wildman–Crippen LogP) is -0.317. The van der Waals surface area contributed by atoms with E-state index in [-0.39, 0.29) is 0 Å². The topological polar surface area (TPSA) is 19.9 Å². The van der Waals surface area contributed by atoms with Crippen LogP contribution < -0.4 is 5.32 Å². The van der Waals surface area contributed by atoms with E-state index in [9.17, 15) is 0 Å². The number of hydrogen-bond acceptors (Lipinski definition) is 1. The summed E-state index contributed by atoms with van der Waals surface area (Å²) in [5.74, 6) is 0.885. The summed E-state index contributed by atoms with van der Waals surface area (Å²) in [7, 11) is 5.96. The summed E-state index contributed by atoms with van der Waals surface area (Å²) in [5, 5.41) is 2.05. The van der Waals surface area contributed by atoms with E-state index in [1.165, 1.54) is 32.5 Å². The molecule has 1 rings (SSSR count). The van der Waals surface area contributed by atoms with Crippen LogP contribution in [0.15, 0.2) is 0 Å². The van der Waals surface area contributed by atoms with Crippen molar-refractivity contribution in [1.82, 2.24) is 4.90 Å². The van der Waals surface area contributed by atoms with Crippen molar-refractivity contribution in [3.05, 3.63) is 7.05 Å². The minimum Gasteiger partial charge on any atom is -0.479 e. The van der Waals surface area contributed by atoms with Gasteiger partial charge in [-0.15, -0.1) is 0 Å². The van der Waals surface area contributed by atoms with Gasteiger partial charge in [-0.3, -0.25) is 0 Å². The van der Waals surface area contributed by atoms with Crippen molar-refractivity contribution in [3.8, 4) is 0 Å². The molecule has 60 valence electrons. The molecule has 0 aromatic rings. The Kier molecular flexibility index (Phi) is 3.16. The molecule has 1 saturated heterocycles. The molecule has 10 heavy (non-hydrogen) atoms. The van der Waals surface area contributed by atoms with Gasteiger partial charge in [0.1, 0.15) is 0 Å². The Morgan fingerprint density at radius 3 is 3.10 bits per heavy atom. The van der Waals surface area contributed by atoms with Crippen LogP contribution in [0.25, 0.3) is 0 Å². The number of quaternary nitrogens is 1. The molecule has 1 unspecified atom stereocenters. The lowest BCUT2D eigenvalue weighted by molar-refractivity contribution is -0.602. The lowest BCUT2D eigenvalue weighted by Crippen LogP contribution is -2.79. The first-order valence-electron chi connectivity index (χ1n) is 4.12. The molecular formula is C8H18N2. The van der Waals surface area contributed by atoms with Gasteiger partial charge in [0.25, 0.3) is 0 Å². The zero-order valence-electron chi connectivity index (χ0n) is 6.84. The molecule has 1 fully saturated rings. The van der Waals surface area contributed by atoms with Crippen molar-refractivity contribution in [3.63, 3.8) is 0 Å². The van der Waals surface area contributed by atoms with E-state index in [2.05, 4.69) is 19.0 Å². The van der Waals surface area contributed by atoms with Crippen LogP contribution >= 0.6 is 0 Å². The van der Waals surface area contributed by atoms with Crippen molar-refractivity contribution in [2.45, 2.75) is 12.8 Å². The minimum atomic E-state index is 0.885. The van der Waals surface area contributed by atoms with E-state index < -0.39 is 0 Å². The van der Waals surface area contributed by atoms with Gasteiger partial charge < -0.3 is 10.2 Å². The Hall–Kier alpha value is -0.0800. The Morgan fingerprint density at radius 2 is 2.50 bits per heavy atom. The second-order valence-corrected chi connectivity index (χ2v) is 3.29. The largest absolute Gasteiger partial charge is 0.479 e. The molecule has 0 aromatic heterocycles. The van der Waals surface area contributed by atoms with Crippen molar-refractivity contribution in [2.24, 2.45) is 5.92 Å². The molecule has 0 spiro atoms. The normalized spacial score (nSPS) is 28.8. The summed E-state index contributed by atoms with van der Waals surface area (Å²) in [6.07, 6.45) is 2.77. The SMILES string of the molecule is [CH2-][NH2+]CC1CCCN(C)C1. The lowest BCUT2D eigenvalue weighted by atomic mass is 9.99. The van der Waals surface area contributed by atoms with Gasteiger partial charge in [-0.25, -0.2) is 0 Å². The van der Waals surface area contributed by atoms with E-state index in [1.807, 2.05) is 5.32 Å². The third kappa shape index (κ3) is 2.27. The molecule has 0 aliphatic carbocycles. The average Bonchev–Trinajstić information content (AvgIpc) is 1.88. The van der Waals surface area contributed by atoms with Gasteiger partial charge in [0.2, 0.25) is 0 Å². The van der Waals surface area contributed by atoms with E-state index in [0.29, 0.717) is 0 Å². The summed E-state index contributed by atoms with van der Waals surface area (Å²) in [6.45, 7) is 3.75.